The minimum atomic E-state index is -3.18. The summed E-state index contributed by atoms with van der Waals surface area (Å²) in [5, 5.41) is 9.20. The molecule has 1 fully saturated rings. The van der Waals surface area contributed by atoms with E-state index in [-0.39, 0.29) is 17.2 Å². The molecular weight excluding hydrogens is 381 g/mol. The van der Waals surface area contributed by atoms with E-state index < -0.39 is 15.7 Å². The molecule has 1 heterocycles. The third kappa shape index (κ3) is 4.49. The number of carbonyl (C=O) groups is 1. The molecule has 1 amide bonds. The van der Waals surface area contributed by atoms with E-state index in [1.54, 1.807) is 41.3 Å². The topological polar surface area (TPSA) is 81.5 Å². The lowest BCUT2D eigenvalue weighted by Gasteiger charge is -2.36. The van der Waals surface area contributed by atoms with Crippen LogP contribution >= 0.6 is 0 Å². The number of nitriles is 1. The molecule has 0 unspecified atom stereocenters. The molecule has 1 saturated heterocycles. The van der Waals surface area contributed by atoms with Crippen LogP contribution in [0.25, 0.3) is 0 Å². The van der Waals surface area contributed by atoms with Gasteiger partial charge in [-0.15, -0.1) is 0 Å². The number of amides is 1. The molecule has 2 aromatic carbocycles. The Morgan fingerprint density at radius 2 is 1.82 bits per heavy atom. The maximum atomic E-state index is 13.8. The molecule has 0 N–H and O–H groups in total. The zero-order valence-corrected chi connectivity index (χ0v) is 16.2. The number of carbonyl (C=O) groups excluding carboxylic acids is 1. The first-order chi connectivity index (χ1) is 13.3. The lowest BCUT2D eigenvalue weighted by Crippen LogP contribution is -2.49. The third-order valence-corrected chi connectivity index (χ3v) is 5.47. The van der Waals surface area contributed by atoms with Crippen LogP contribution in [0.15, 0.2) is 42.5 Å². The molecule has 0 spiro atoms. The molecule has 0 aromatic heterocycles. The highest BCUT2D eigenvalue weighted by molar-refractivity contribution is 7.89. The second-order valence-corrected chi connectivity index (χ2v) is 8.94. The molecule has 146 valence electrons. The van der Waals surface area contributed by atoms with Gasteiger partial charge in [-0.05, 0) is 29.8 Å². The van der Waals surface area contributed by atoms with E-state index in [0.717, 1.165) is 6.26 Å². The Kier molecular flexibility index (Phi) is 5.66. The second-order valence-electron chi connectivity index (χ2n) is 6.80. The van der Waals surface area contributed by atoms with Crippen molar-refractivity contribution < 1.29 is 17.6 Å². The molecule has 2 aromatic rings. The molecule has 28 heavy (non-hydrogen) atoms. The van der Waals surface area contributed by atoms with Gasteiger partial charge in [0, 0.05) is 38.0 Å². The fraction of sp³-hybridized carbons (Fsp3) is 0.300. The van der Waals surface area contributed by atoms with E-state index in [1.165, 1.54) is 6.07 Å². The van der Waals surface area contributed by atoms with Gasteiger partial charge in [-0.25, -0.2) is 12.8 Å². The smallest absolute Gasteiger partial charge is 0.253 e. The van der Waals surface area contributed by atoms with Gasteiger partial charge >= 0.3 is 0 Å². The molecule has 0 atom stereocenters. The van der Waals surface area contributed by atoms with E-state index in [1.807, 2.05) is 11.0 Å². The largest absolute Gasteiger partial charge is 0.367 e. The number of sulfone groups is 1. The molecule has 6 nitrogen and oxygen atoms in total. The van der Waals surface area contributed by atoms with Gasteiger partial charge in [0.05, 0.1) is 11.4 Å². The van der Waals surface area contributed by atoms with E-state index >= 15 is 0 Å². The van der Waals surface area contributed by atoms with Gasteiger partial charge in [0.1, 0.15) is 17.4 Å². The minimum absolute atomic E-state index is 0.00996. The van der Waals surface area contributed by atoms with Gasteiger partial charge in [0.25, 0.3) is 5.91 Å². The van der Waals surface area contributed by atoms with Crippen molar-refractivity contribution in [2.24, 2.45) is 0 Å². The zero-order chi connectivity index (χ0) is 20.3. The van der Waals surface area contributed by atoms with Gasteiger partial charge in [-0.1, -0.05) is 18.2 Å². The minimum Gasteiger partial charge on any atom is -0.367 e. The van der Waals surface area contributed by atoms with Crippen LogP contribution in [0.3, 0.4) is 0 Å². The standard InChI is InChI=1S/C20H20FN3O3S/c1-28(26,27)14-15-4-2-5-16(12-15)20(25)24-10-8-23(9-11-24)19-7-3-6-18(21)17(19)13-22/h2-7,12H,8-11,14H2,1H3. The van der Waals surface area contributed by atoms with E-state index in [2.05, 4.69) is 0 Å². The second kappa shape index (κ2) is 7.98. The van der Waals surface area contributed by atoms with Crippen LogP contribution in [-0.2, 0) is 15.6 Å². The average Bonchev–Trinajstić information content (AvgIpc) is 2.66. The van der Waals surface area contributed by atoms with Crippen molar-refractivity contribution in [3.63, 3.8) is 0 Å². The first kappa shape index (κ1) is 19.8. The molecule has 0 radical (unpaired) electrons. The van der Waals surface area contributed by atoms with E-state index in [0.29, 0.717) is 43.0 Å². The van der Waals surface area contributed by atoms with Gasteiger partial charge in [0.2, 0.25) is 0 Å². The number of halogens is 1. The number of hydrogen-bond donors (Lipinski definition) is 0. The highest BCUT2D eigenvalue weighted by atomic mass is 32.2. The van der Waals surface area contributed by atoms with Gasteiger partial charge in [-0.3, -0.25) is 4.79 Å². The van der Waals surface area contributed by atoms with Gasteiger partial charge in [-0.2, -0.15) is 5.26 Å². The van der Waals surface area contributed by atoms with Crippen LogP contribution in [0.5, 0.6) is 0 Å². The highest BCUT2D eigenvalue weighted by Crippen LogP contribution is 2.24. The van der Waals surface area contributed by atoms with Gasteiger partial charge in [0.15, 0.2) is 9.84 Å². The fourth-order valence-corrected chi connectivity index (χ4v) is 4.10. The summed E-state index contributed by atoms with van der Waals surface area (Å²) in [5.41, 5.74) is 1.56. The number of benzene rings is 2. The predicted molar refractivity (Wildman–Crippen MR) is 104 cm³/mol. The van der Waals surface area contributed by atoms with Crippen LogP contribution in [0.1, 0.15) is 21.5 Å². The van der Waals surface area contributed by atoms with Crippen molar-refractivity contribution in [3.8, 4) is 6.07 Å². The average molecular weight is 401 g/mol. The predicted octanol–water partition coefficient (Wildman–Crippen LogP) is 2.20. The molecule has 3 rings (SSSR count). The Hall–Kier alpha value is -2.92. The monoisotopic (exact) mass is 401 g/mol. The summed E-state index contributed by atoms with van der Waals surface area (Å²) >= 11 is 0. The Labute approximate surface area is 163 Å². The molecule has 1 aliphatic rings. The highest BCUT2D eigenvalue weighted by Gasteiger charge is 2.24. The van der Waals surface area contributed by atoms with E-state index in [4.69, 9.17) is 0 Å². The van der Waals surface area contributed by atoms with Crippen LogP contribution in [0.4, 0.5) is 10.1 Å². The SMILES string of the molecule is CS(=O)(=O)Cc1cccc(C(=O)N2CCN(c3cccc(F)c3C#N)CC2)c1. The maximum Gasteiger partial charge on any atom is 0.253 e. The van der Waals surface area contributed by atoms with Crippen LogP contribution < -0.4 is 4.90 Å². The van der Waals surface area contributed by atoms with E-state index in [9.17, 15) is 22.9 Å². The molecule has 0 bridgehead atoms. The van der Waals surface area contributed by atoms with Crippen LogP contribution in [0, 0.1) is 17.1 Å². The van der Waals surface area contributed by atoms with Gasteiger partial charge < -0.3 is 9.80 Å². The Morgan fingerprint density at radius 3 is 2.46 bits per heavy atom. The number of anilines is 1. The maximum absolute atomic E-state index is 13.8. The Morgan fingerprint density at radius 1 is 1.14 bits per heavy atom. The summed E-state index contributed by atoms with van der Waals surface area (Å²) in [6.45, 7) is 1.81. The van der Waals surface area contributed by atoms with Crippen LogP contribution in [-0.4, -0.2) is 51.7 Å². The first-order valence-corrected chi connectivity index (χ1v) is 10.8. The fourth-order valence-electron chi connectivity index (χ4n) is 3.32. The van der Waals surface area contributed by atoms with Crippen molar-refractivity contribution in [2.45, 2.75) is 5.75 Å². The van der Waals surface area contributed by atoms with Crippen LogP contribution in [0.2, 0.25) is 0 Å². The van der Waals surface area contributed by atoms with Crippen molar-refractivity contribution >= 4 is 21.4 Å². The zero-order valence-electron chi connectivity index (χ0n) is 15.4. The van der Waals surface area contributed by atoms with Crippen molar-refractivity contribution in [3.05, 3.63) is 65.0 Å². The Balaban J connectivity index is 1.70. The normalized spacial score (nSPS) is 14.6. The molecule has 1 aliphatic heterocycles. The summed E-state index contributed by atoms with van der Waals surface area (Å²) in [5.74, 6) is -0.839. The molecule has 8 heteroatoms. The number of nitrogens with zero attached hydrogens (tertiary/aromatic N) is 3. The third-order valence-electron chi connectivity index (χ3n) is 4.61. The summed E-state index contributed by atoms with van der Waals surface area (Å²) in [4.78, 5) is 16.4. The summed E-state index contributed by atoms with van der Waals surface area (Å²) in [7, 11) is -3.18. The number of rotatable bonds is 4. The summed E-state index contributed by atoms with van der Waals surface area (Å²) in [6, 6.07) is 13.1. The number of hydrogen-bond acceptors (Lipinski definition) is 5. The summed E-state index contributed by atoms with van der Waals surface area (Å²) < 4.78 is 36.8. The molecule has 0 aliphatic carbocycles. The van der Waals surface area contributed by atoms with Crippen molar-refractivity contribution in [1.82, 2.24) is 4.90 Å². The van der Waals surface area contributed by atoms with Crippen molar-refractivity contribution in [1.29, 1.82) is 5.26 Å². The Bertz CT molecular complexity index is 1040. The lowest BCUT2D eigenvalue weighted by molar-refractivity contribution is 0.0746. The quantitative estimate of drug-likeness (QED) is 0.785. The lowest BCUT2D eigenvalue weighted by atomic mass is 10.1. The molecule has 0 saturated carbocycles. The number of piperazine rings is 1. The summed E-state index contributed by atoms with van der Waals surface area (Å²) in [6.07, 6.45) is 1.16. The molecular formula is C20H20FN3O3S. The van der Waals surface area contributed by atoms with Crippen molar-refractivity contribution in [2.75, 3.05) is 37.3 Å². The first-order valence-electron chi connectivity index (χ1n) is 8.78.